The molecule has 1 aromatic rings. The maximum absolute atomic E-state index is 10.4. The number of hydroxylamine groups is 1. The number of ether oxygens (including phenoxy) is 1. The number of nitrogens with one attached hydrogen (secondary N) is 1. The summed E-state index contributed by atoms with van der Waals surface area (Å²) in [7, 11) is 2.88. The summed E-state index contributed by atoms with van der Waals surface area (Å²) < 4.78 is 4.99. The first kappa shape index (κ1) is 9.31. The number of anilines is 1. The SMILES string of the molecule is COc1cccc(NN=[N+](C)[O-])c1. The smallest absolute Gasteiger partial charge is 0.150 e. The molecule has 13 heavy (non-hydrogen) atoms. The molecule has 0 aliphatic carbocycles. The maximum atomic E-state index is 10.4. The molecule has 0 amide bonds. The quantitative estimate of drug-likeness (QED) is 0.438. The lowest BCUT2D eigenvalue weighted by Gasteiger charge is -2.00. The third-order valence-corrected chi connectivity index (χ3v) is 1.39. The Morgan fingerprint density at radius 1 is 1.54 bits per heavy atom. The summed E-state index contributed by atoms with van der Waals surface area (Å²) in [4.78, 5) is 0.444. The molecule has 0 aliphatic heterocycles. The zero-order valence-corrected chi connectivity index (χ0v) is 7.52. The van der Waals surface area contributed by atoms with Gasteiger partial charge >= 0.3 is 0 Å². The molecule has 0 aliphatic rings. The number of hydrogen-bond acceptors (Lipinski definition) is 3. The van der Waals surface area contributed by atoms with E-state index < -0.39 is 0 Å². The zero-order chi connectivity index (χ0) is 9.68. The van der Waals surface area contributed by atoms with E-state index in [2.05, 4.69) is 10.6 Å². The average molecular weight is 181 g/mol. The lowest BCUT2D eigenvalue weighted by Crippen LogP contribution is -1.96. The van der Waals surface area contributed by atoms with E-state index >= 15 is 0 Å². The molecular formula is C8H11N3O2. The number of rotatable bonds is 3. The van der Waals surface area contributed by atoms with Crippen molar-refractivity contribution >= 4 is 5.69 Å². The highest BCUT2D eigenvalue weighted by atomic mass is 16.5. The van der Waals surface area contributed by atoms with Gasteiger partial charge in [-0.2, -0.15) is 4.86 Å². The first-order chi connectivity index (χ1) is 6.22. The highest BCUT2D eigenvalue weighted by Crippen LogP contribution is 2.16. The molecule has 1 aromatic carbocycles. The average Bonchev–Trinajstić information content (AvgIpc) is 2.15. The van der Waals surface area contributed by atoms with Crippen LogP contribution in [0, 0.1) is 5.21 Å². The summed E-state index contributed by atoms with van der Waals surface area (Å²) in [5.41, 5.74) is 3.29. The molecular weight excluding hydrogens is 170 g/mol. The minimum absolute atomic E-state index is 0.444. The number of hydrogen-bond donors (Lipinski definition) is 1. The van der Waals surface area contributed by atoms with Gasteiger partial charge in [-0.1, -0.05) is 6.07 Å². The van der Waals surface area contributed by atoms with Gasteiger partial charge in [0.1, 0.15) is 12.8 Å². The van der Waals surface area contributed by atoms with Crippen LogP contribution in [0.3, 0.4) is 0 Å². The van der Waals surface area contributed by atoms with Gasteiger partial charge in [0.05, 0.1) is 12.3 Å². The van der Waals surface area contributed by atoms with Crippen LogP contribution in [-0.2, 0) is 0 Å². The molecule has 0 bridgehead atoms. The van der Waals surface area contributed by atoms with Gasteiger partial charge < -0.3 is 9.94 Å². The monoisotopic (exact) mass is 181 g/mol. The largest absolute Gasteiger partial charge is 0.696 e. The molecule has 0 fully saturated rings. The van der Waals surface area contributed by atoms with E-state index in [1.165, 1.54) is 7.05 Å². The van der Waals surface area contributed by atoms with E-state index in [1.54, 1.807) is 19.2 Å². The van der Waals surface area contributed by atoms with Gasteiger partial charge in [-0.3, -0.25) is 0 Å². The first-order valence-corrected chi connectivity index (χ1v) is 3.74. The van der Waals surface area contributed by atoms with E-state index in [4.69, 9.17) is 4.74 Å². The molecule has 1 N–H and O–H groups in total. The van der Waals surface area contributed by atoms with Crippen LogP contribution in [0.4, 0.5) is 5.69 Å². The van der Waals surface area contributed by atoms with Gasteiger partial charge in [-0.15, -0.1) is 5.43 Å². The van der Waals surface area contributed by atoms with Gasteiger partial charge in [0, 0.05) is 6.07 Å². The highest BCUT2D eigenvalue weighted by Gasteiger charge is 1.97. The van der Waals surface area contributed by atoms with Gasteiger partial charge in [-0.05, 0) is 12.1 Å². The van der Waals surface area contributed by atoms with E-state index in [-0.39, 0.29) is 0 Å². The Bertz CT molecular complexity index is 308. The Hall–Kier alpha value is -1.78. The van der Waals surface area contributed by atoms with E-state index in [9.17, 15) is 5.21 Å². The minimum atomic E-state index is 0.444. The van der Waals surface area contributed by atoms with Gasteiger partial charge in [0.2, 0.25) is 0 Å². The van der Waals surface area contributed by atoms with Crippen molar-refractivity contribution in [2.75, 3.05) is 19.6 Å². The summed E-state index contributed by atoms with van der Waals surface area (Å²) >= 11 is 0. The van der Waals surface area contributed by atoms with Crippen LogP contribution in [-0.4, -0.2) is 19.0 Å². The number of nitrogens with zero attached hydrogens (tertiary/aromatic N) is 2. The molecule has 5 heteroatoms. The third kappa shape index (κ3) is 2.98. The Balaban J connectivity index is 2.72. The third-order valence-electron chi connectivity index (χ3n) is 1.39. The van der Waals surface area contributed by atoms with Crippen LogP contribution in [0.5, 0.6) is 5.75 Å². The molecule has 0 aromatic heterocycles. The fraction of sp³-hybridized carbons (Fsp3) is 0.250. The molecule has 0 heterocycles. The normalized spacial score (nSPS) is 11.1. The van der Waals surface area contributed by atoms with Crippen molar-refractivity contribution in [3.63, 3.8) is 0 Å². The second-order valence-electron chi connectivity index (χ2n) is 2.41. The van der Waals surface area contributed by atoms with Crippen LogP contribution in [0.2, 0.25) is 0 Å². The van der Waals surface area contributed by atoms with Gasteiger partial charge in [-0.25, -0.2) is 0 Å². The predicted octanol–water partition coefficient (Wildman–Crippen LogP) is 1.61. The number of methoxy groups -OCH3 is 1. The predicted molar refractivity (Wildman–Crippen MR) is 48.6 cm³/mol. The molecule has 5 nitrogen and oxygen atoms in total. The fourth-order valence-corrected chi connectivity index (χ4v) is 0.821. The summed E-state index contributed by atoms with van der Waals surface area (Å²) in [5.74, 6) is 0.716. The van der Waals surface area contributed by atoms with Crippen molar-refractivity contribution in [3.8, 4) is 5.75 Å². The molecule has 0 saturated carbocycles. The van der Waals surface area contributed by atoms with Crippen molar-refractivity contribution in [1.82, 2.24) is 0 Å². The second kappa shape index (κ2) is 4.30. The molecule has 0 unspecified atom stereocenters. The molecule has 1 rings (SSSR count). The minimum Gasteiger partial charge on any atom is -0.696 e. The molecule has 0 atom stereocenters. The van der Waals surface area contributed by atoms with Gasteiger partial charge in [0.25, 0.3) is 0 Å². The molecule has 0 radical (unpaired) electrons. The topological polar surface area (TPSA) is 59.7 Å². The lowest BCUT2D eigenvalue weighted by molar-refractivity contribution is -0.497. The number of benzene rings is 1. The molecule has 0 spiro atoms. The summed E-state index contributed by atoms with van der Waals surface area (Å²) in [5, 5.41) is 13.9. The maximum Gasteiger partial charge on any atom is 0.150 e. The van der Waals surface area contributed by atoms with Crippen molar-refractivity contribution in [2.24, 2.45) is 5.22 Å². The van der Waals surface area contributed by atoms with E-state index in [0.29, 0.717) is 16.3 Å². The fourth-order valence-electron chi connectivity index (χ4n) is 0.821. The Morgan fingerprint density at radius 3 is 2.92 bits per heavy atom. The zero-order valence-electron chi connectivity index (χ0n) is 7.52. The Labute approximate surface area is 76.2 Å². The standard InChI is InChI=1S/C8H11N3O2/c1-11(12)10-9-7-4-3-5-8(6-7)13-2/h3-6,9H,1-2H3. The Morgan fingerprint density at radius 2 is 2.31 bits per heavy atom. The van der Waals surface area contributed by atoms with Crippen molar-refractivity contribution in [3.05, 3.63) is 29.5 Å². The van der Waals surface area contributed by atoms with Gasteiger partial charge in [0.15, 0.2) is 5.69 Å². The molecule has 0 saturated heterocycles. The van der Waals surface area contributed by atoms with Crippen LogP contribution in [0.25, 0.3) is 0 Å². The van der Waals surface area contributed by atoms with E-state index in [0.717, 1.165) is 0 Å². The lowest BCUT2D eigenvalue weighted by atomic mass is 10.3. The van der Waals surface area contributed by atoms with Crippen LogP contribution in [0.15, 0.2) is 29.5 Å². The van der Waals surface area contributed by atoms with Crippen LogP contribution < -0.4 is 10.2 Å². The molecule has 70 valence electrons. The van der Waals surface area contributed by atoms with Crippen molar-refractivity contribution in [1.29, 1.82) is 0 Å². The first-order valence-electron chi connectivity index (χ1n) is 3.74. The van der Waals surface area contributed by atoms with E-state index in [1.807, 2.05) is 12.1 Å². The van der Waals surface area contributed by atoms with Crippen molar-refractivity contribution in [2.45, 2.75) is 0 Å². The van der Waals surface area contributed by atoms with Crippen LogP contribution in [0.1, 0.15) is 0 Å². The highest BCUT2D eigenvalue weighted by molar-refractivity contribution is 5.47. The Kier molecular flexibility index (Phi) is 3.08. The van der Waals surface area contributed by atoms with Crippen molar-refractivity contribution < 1.29 is 9.60 Å². The summed E-state index contributed by atoms with van der Waals surface area (Å²) in [6, 6.07) is 7.15. The summed E-state index contributed by atoms with van der Waals surface area (Å²) in [6.45, 7) is 0. The summed E-state index contributed by atoms with van der Waals surface area (Å²) in [6.07, 6.45) is 0. The van der Waals surface area contributed by atoms with Crippen LogP contribution >= 0.6 is 0 Å². The second-order valence-corrected chi connectivity index (χ2v) is 2.41.